The van der Waals surface area contributed by atoms with Gasteiger partial charge in [-0.3, -0.25) is 9.59 Å². The van der Waals surface area contributed by atoms with E-state index in [0.29, 0.717) is 55.9 Å². The molecule has 1 aliphatic carbocycles. The average Bonchev–Trinajstić information content (AvgIpc) is 3.55. The van der Waals surface area contributed by atoms with Gasteiger partial charge in [0, 0.05) is 37.3 Å². The van der Waals surface area contributed by atoms with Crippen molar-refractivity contribution >= 4 is 11.8 Å². The van der Waals surface area contributed by atoms with Crippen LogP contribution in [0.25, 0.3) is 11.1 Å². The van der Waals surface area contributed by atoms with Gasteiger partial charge in [-0.1, -0.05) is 12.1 Å². The summed E-state index contributed by atoms with van der Waals surface area (Å²) in [5.41, 5.74) is -0.812. The van der Waals surface area contributed by atoms with Gasteiger partial charge in [-0.05, 0) is 48.7 Å². The Balaban J connectivity index is 1.46. The number of ether oxygens (including phenoxy) is 1. The molecule has 1 aliphatic heterocycles. The van der Waals surface area contributed by atoms with Crippen molar-refractivity contribution < 1.29 is 32.6 Å². The Labute approximate surface area is 183 Å². The van der Waals surface area contributed by atoms with Crippen molar-refractivity contribution in [2.45, 2.75) is 24.6 Å². The lowest BCUT2D eigenvalue weighted by Gasteiger charge is -2.35. The highest BCUT2D eigenvalue weighted by molar-refractivity contribution is 5.95. The van der Waals surface area contributed by atoms with Crippen LogP contribution in [-0.4, -0.2) is 65.6 Å². The predicted molar refractivity (Wildman–Crippen MR) is 110 cm³/mol. The quantitative estimate of drug-likeness (QED) is 0.780. The molecule has 6 nitrogen and oxygen atoms in total. The van der Waals surface area contributed by atoms with Crippen LogP contribution in [0.4, 0.5) is 13.2 Å². The molecule has 1 saturated carbocycles. The van der Waals surface area contributed by atoms with Crippen molar-refractivity contribution in [2.24, 2.45) is 0 Å². The summed E-state index contributed by atoms with van der Waals surface area (Å²) in [6.45, 7) is 1.41. The molecule has 0 atom stereocenters. The van der Waals surface area contributed by atoms with Gasteiger partial charge in [-0.25, -0.2) is 0 Å². The van der Waals surface area contributed by atoms with Crippen LogP contribution in [0.1, 0.15) is 28.8 Å². The molecule has 0 unspecified atom stereocenters. The first-order chi connectivity index (χ1) is 15.1. The standard InChI is InChI=1S/C23H23F3N2O4/c1-32-19-7-6-17(23(24,25)26)14-18(19)15-2-4-16(5-3-15)20(29)27-10-12-28(13-11-27)21(30)22(31)8-9-22/h2-7,14,31H,8-13H2,1H3. The number of benzene rings is 2. The maximum atomic E-state index is 13.1. The van der Waals surface area contributed by atoms with Crippen molar-refractivity contribution in [3.8, 4) is 16.9 Å². The van der Waals surface area contributed by atoms with E-state index in [9.17, 15) is 27.9 Å². The summed E-state index contributed by atoms with van der Waals surface area (Å²) >= 11 is 0. The first kappa shape index (κ1) is 22.1. The number of halogens is 3. The summed E-state index contributed by atoms with van der Waals surface area (Å²) in [5.74, 6) is -0.191. The molecular formula is C23H23F3N2O4. The monoisotopic (exact) mass is 448 g/mol. The van der Waals surface area contributed by atoms with Crippen LogP contribution in [0, 0.1) is 0 Å². The molecule has 2 amide bonds. The molecule has 32 heavy (non-hydrogen) atoms. The summed E-state index contributed by atoms with van der Waals surface area (Å²) in [6.07, 6.45) is -3.52. The molecule has 0 radical (unpaired) electrons. The minimum absolute atomic E-state index is 0.218. The number of nitrogens with zero attached hydrogens (tertiary/aromatic N) is 2. The van der Waals surface area contributed by atoms with Gasteiger partial charge in [0.2, 0.25) is 0 Å². The van der Waals surface area contributed by atoms with Gasteiger partial charge < -0.3 is 19.6 Å². The van der Waals surface area contributed by atoms with E-state index in [-0.39, 0.29) is 17.4 Å². The number of amides is 2. The SMILES string of the molecule is COc1ccc(C(F)(F)F)cc1-c1ccc(C(=O)N2CCN(C(=O)C3(O)CC3)CC2)cc1. The van der Waals surface area contributed by atoms with E-state index in [4.69, 9.17) is 4.74 Å². The van der Waals surface area contributed by atoms with Gasteiger partial charge in [0.25, 0.3) is 11.8 Å². The molecule has 0 spiro atoms. The third-order valence-corrected chi connectivity index (χ3v) is 5.95. The highest BCUT2D eigenvalue weighted by Gasteiger charge is 2.50. The van der Waals surface area contributed by atoms with Crippen molar-refractivity contribution in [2.75, 3.05) is 33.3 Å². The van der Waals surface area contributed by atoms with Crippen LogP contribution in [0.3, 0.4) is 0 Å². The Morgan fingerprint density at radius 1 is 0.969 bits per heavy atom. The van der Waals surface area contributed by atoms with E-state index in [1.54, 1.807) is 34.1 Å². The molecule has 2 aliphatic rings. The van der Waals surface area contributed by atoms with Crippen molar-refractivity contribution in [1.29, 1.82) is 0 Å². The fourth-order valence-electron chi connectivity index (χ4n) is 3.82. The highest BCUT2D eigenvalue weighted by Crippen LogP contribution is 2.38. The van der Waals surface area contributed by atoms with Crippen molar-refractivity contribution in [3.05, 3.63) is 53.6 Å². The van der Waals surface area contributed by atoms with Crippen molar-refractivity contribution in [1.82, 2.24) is 9.80 Å². The Morgan fingerprint density at radius 3 is 2.09 bits per heavy atom. The third kappa shape index (κ3) is 4.29. The largest absolute Gasteiger partial charge is 0.496 e. The van der Waals surface area contributed by atoms with E-state index < -0.39 is 17.3 Å². The normalized spacial score (nSPS) is 17.8. The molecule has 2 aromatic carbocycles. The Bertz CT molecular complexity index is 1020. The van der Waals surface area contributed by atoms with Gasteiger partial charge in [-0.15, -0.1) is 0 Å². The van der Waals surface area contributed by atoms with Gasteiger partial charge in [0.15, 0.2) is 0 Å². The van der Waals surface area contributed by atoms with E-state index in [1.165, 1.54) is 13.2 Å². The van der Waals surface area contributed by atoms with Crippen LogP contribution < -0.4 is 4.74 Å². The zero-order chi connectivity index (χ0) is 23.1. The number of carbonyl (C=O) groups excluding carboxylic acids is 2. The summed E-state index contributed by atoms with van der Waals surface area (Å²) in [6, 6.07) is 9.59. The lowest BCUT2D eigenvalue weighted by molar-refractivity contribution is -0.144. The minimum atomic E-state index is -4.48. The number of hydrogen-bond donors (Lipinski definition) is 1. The molecule has 1 N–H and O–H groups in total. The molecule has 2 aromatic rings. The van der Waals surface area contributed by atoms with Gasteiger partial charge in [0.05, 0.1) is 12.7 Å². The number of hydrogen-bond acceptors (Lipinski definition) is 4. The number of carbonyl (C=O) groups is 2. The second kappa shape index (κ2) is 8.12. The Kier molecular flexibility index (Phi) is 5.62. The maximum absolute atomic E-state index is 13.1. The first-order valence-electron chi connectivity index (χ1n) is 10.3. The second-order valence-corrected chi connectivity index (χ2v) is 8.11. The molecule has 0 aromatic heterocycles. The maximum Gasteiger partial charge on any atom is 0.416 e. The number of aliphatic hydroxyl groups is 1. The zero-order valence-electron chi connectivity index (χ0n) is 17.5. The number of alkyl halides is 3. The fraction of sp³-hybridized carbons (Fsp3) is 0.391. The summed E-state index contributed by atoms with van der Waals surface area (Å²) < 4.78 is 44.5. The topological polar surface area (TPSA) is 70.1 Å². The fourth-order valence-corrected chi connectivity index (χ4v) is 3.82. The lowest BCUT2D eigenvalue weighted by atomic mass is 10.00. The summed E-state index contributed by atoms with van der Waals surface area (Å²) in [7, 11) is 1.39. The summed E-state index contributed by atoms with van der Waals surface area (Å²) in [4.78, 5) is 28.3. The van der Waals surface area contributed by atoms with Crippen molar-refractivity contribution in [3.63, 3.8) is 0 Å². The minimum Gasteiger partial charge on any atom is -0.496 e. The molecule has 1 saturated heterocycles. The third-order valence-electron chi connectivity index (χ3n) is 5.95. The van der Waals surface area contributed by atoms with Crippen LogP contribution in [0.2, 0.25) is 0 Å². The van der Waals surface area contributed by atoms with Gasteiger partial charge >= 0.3 is 6.18 Å². The molecule has 0 bridgehead atoms. The first-order valence-corrected chi connectivity index (χ1v) is 10.3. The number of piperazine rings is 1. The predicted octanol–water partition coefficient (Wildman–Crippen LogP) is 3.19. The molecule has 4 rings (SSSR count). The van der Waals surface area contributed by atoms with Gasteiger partial charge in [0.1, 0.15) is 11.4 Å². The van der Waals surface area contributed by atoms with E-state index in [1.807, 2.05) is 0 Å². The number of rotatable bonds is 4. The number of methoxy groups -OCH3 is 1. The highest BCUT2D eigenvalue weighted by atomic mass is 19.4. The Morgan fingerprint density at radius 2 is 1.56 bits per heavy atom. The smallest absolute Gasteiger partial charge is 0.416 e. The molecule has 9 heteroatoms. The second-order valence-electron chi connectivity index (χ2n) is 8.11. The average molecular weight is 448 g/mol. The molecule has 2 fully saturated rings. The van der Waals surface area contributed by atoms with Crippen LogP contribution in [0.5, 0.6) is 5.75 Å². The molecule has 170 valence electrons. The van der Waals surface area contributed by atoms with Gasteiger partial charge in [-0.2, -0.15) is 13.2 Å². The zero-order valence-corrected chi connectivity index (χ0v) is 17.5. The molecule has 1 heterocycles. The van der Waals surface area contributed by atoms with E-state index in [2.05, 4.69) is 0 Å². The lowest BCUT2D eigenvalue weighted by Crippen LogP contribution is -2.53. The van der Waals surface area contributed by atoms with Crippen LogP contribution in [-0.2, 0) is 11.0 Å². The van der Waals surface area contributed by atoms with E-state index in [0.717, 1.165) is 12.1 Å². The molecular weight excluding hydrogens is 425 g/mol. The van der Waals surface area contributed by atoms with E-state index >= 15 is 0 Å². The Hall–Kier alpha value is -3.07. The van der Waals surface area contributed by atoms with Crippen LogP contribution in [0.15, 0.2) is 42.5 Å². The van der Waals surface area contributed by atoms with Crippen LogP contribution >= 0.6 is 0 Å². The summed E-state index contributed by atoms with van der Waals surface area (Å²) in [5, 5.41) is 9.98.